The molecule has 0 radical (unpaired) electrons. The second-order valence-electron chi connectivity index (χ2n) is 5.90. The number of carbonyl (C=O) groups is 2. The first-order valence-corrected chi connectivity index (χ1v) is 8.95. The molecule has 1 heterocycles. The average Bonchev–Trinajstić information content (AvgIpc) is 2.94. The maximum absolute atomic E-state index is 13.1. The molecule has 2 aromatic carbocycles. The van der Waals surface area contributed by atoms with Crippen molar-refractivity contribution in [2.75, 3.05) is 4.90 Å². The van der Waals surface area contributed by atoms with Crippen molar-refractivity contribution in [3.63, 3.8) is 0 Å². The van der Waals surface area contributed by atoms with E-state index in [1.165, 1.54) is 16.7 Å². The van der Waals surface area contributed by atoms with Crippen LogP contribution < -0.4 is 10.6 Å². The van der Waals surface area contributed by atoms with Crippen molar-refractivity contribution in [1.82, 2.24) is 0 Å². The van der Waals surface area contributed by atoms with E-state index in [0.29, 0.717) is 17.1 Å². The van der Waals surface area contributed by atoms with Crippen LogP contribution in [-0.2, 0) is 16.0 Å². The summed E-state index contributed by atoms with van der Waals surface area (Å²) in [6.45, 7) is 2.00. The first-order valence-electron chi connectivity index (χ1n) is 8.07. The second-order valence-corrected chi connectivity index (χ2v) is 7.09. The molecule has 0 bridgehead atoms. The quantitative estimate of drug-likeness (QED) is 0.668. The summed E-state index contributed by atoms with van der Waals surface area (Å²) in [5.41, 5.74) is 7.94. The van der Waals surface area contributed by atoms with Crippen molar-refractivity contribution in [1.29, 1.82) is 5.26 Å². The van der Waals surface area contributed by atoms with Crippen LogP contribution in [0.3, 0.4) is 0 Å². The summed E-state index contributed by atoms with van der Waals surface area (Å²) < 4.78 is 0. The predicted molar refractivity (Wildman–Crippen MR) is 102 cm³/mol. The van der Waals surface area contributed by atoms with Crippen LogP contribution in [0, 0.1) is 18.3 Å². The number of benzene rings is 2. The summed E-state index contributed by atoms with van der Waals surface area (Å²) in [6.07, 6.45) is 0.514. The molecule has 1 saturated heterocycles. The molecule has 5 nitrogen and oxygen atoms in total. The minimum absolute atomic E-state index is 0.159. The van der Waals surface area contributed by atoms with Crippen molar-refractivity contribution in [3.8, 4) is 6.07 Å². The average molecular weight is 363 g/mol. The number of carbonyl (C=O) groups excluding carboxylic acids is 2. The fraction of sp³-hybridized carbons (Fsp3) is 0.150. The van der Waals surface area contributed by atoms with Crippen molar-refractivity contribution < 1.29 is 9.59 Å². The molecule has 0 aromatic heterocycles. The largest absolute Gasteiger partial charge is 0.365 e. The van der Waals surface area contributed by atoms with Crippen LogP contribution in [0.4, 0.5) is 5.69 Å². The van der Waals surface area contributed by atoms with Gasteiger partial charge in [0.15, 0.2) is 0 Å². The molecule has 0 spiro atoms. The molecule has 2 aromatic rings. The van der Waals surface area contributed by atoms with Crippen molar-refractivity contribution in [2.24, 2.45) is 5.73 Å². The minimum atomic E-state index is -0.833. The van der Waals surface area contributed by atoms with Crippen LogP contribution in [0.5, 0.6) is 0 Å². The molecule has 1 aliphatic rings. The van der Waals surface area contributed by atoms with Gasteiger partial charge in [0, 0.05) is 5.69 Å². The summed E-state index contributed by atoms with van der Waals surface area (Å²) >= 11 is 1.22. The van der Waals surface area contributed by atoms with Crippen molar-refractivity contribution >= 4 is 29.3 Å². The second kappa shape index (κ2) is 7.46. The smallest absolute Gasteiger partial charge is 0.262 e. The molecular formula is C20H17N3O2S. The summed E-state index contributed by atoms with van der Waals surface area (Å²) in [4.78, 5) is 26.2. The molecule has 26 heavy (non-hydrogen) atoms. The first kappa shape index (κ1) is 17.8. The van der Waals surface area contributed by atoms with E-state index < -0.39 is 11.2 Å². The summed E-state index contributed by atoms with van der Waals surface area (Å²) in [5, 5.41) is 9.25. The molecule has 6 heteroatoms. The Bertz CT molecular complexity index is 932. The Morgan fingerprint density at radius 2 is 1.85 bits per heavy atom. The number of nitrogens with two attached hydrogens (primary N) is 1. The van der Waals surface area contributed by atoms with Gasteiger partial charge in [-0.25, -0.2) is 0 Å². The molecule has 1 fully saturated rings. The Morgan fingerprint density at radius 1 is 1.19 bits per heavy atom. The number of rotatable bonds is 4. The van der Waals surface area contributed by atoms with E-state index in [1.807, 2.05) is 43.3 Å². The summed E-state index contributed by atoms with van der Waals surface area (Å²) in [6, 6.07) is 18.7. The Kier molecular flexibility index (Phi) is 5.10. The zero-order chi connectivity index (χ0) is 18.7. The molecule has 1 aliphatic heterocycles. The van der Waals surface area contributed by atoms with E-state index >= 15 is 0 Å². The number of para-hydroxylation sites is 1. The van der Waals surface area contributed by atoms with Crippen LogP contribution in [0.25, 0.3) is 0 Å². The van der Waals surface area contributed by atoms with Gasteiger partial charge in [-0.15, -0.1) is 0 Å². The molecule has 0 saturated carbocycles. The SMILES string of the molecule is Cc1ccccc1C[C@H]1S/C(=C(/C#N)C(N)=O)N(c2ccccc2)C1=O. The number of hydrogen-bond donors (Lipinski definition) is 1. The lowest BCUT2D eigenvalue weighted by Crippen LogP contribution is -2.31. The number of anilines is 1. The number of primary amides is 1. The lowest BCUT2D eigenvalue weighted by Gasteiger charge is -2.18. The monoisotopic (exact) mass is 363 g/mol. The van der Waals surface area contributed by atoms with Crippen LogP contribution >= 0.6 is 11.8 Å². The zero-order valence-corrected chi connectivity index (χ0v) is 15.0. The molecular weight excluding hydrogens is 346 g/mol. The standard InChI is InChI=1S/C20H17N3O2S/c1-13-7-5-6-8-14(13)11-17-19(25)23(15-9-3-2-4-10-15)20(26-17)16(12-21)18(22)24/h2-10,17H,11H2,1H3,(H2,22,24)/b20-16-/t17-/m1/s1. The minimum Gasteiger partial charge on any atom is -0.365 e. The maximum atomic E-state index is 13.1. The van der Waals surface area contributed by atoms with Crippen molar-refractivity contribution in [3.05, 3.63) is 76.3 Å². The van der Waals surface area contributed by atoms with Gasteiger partial charge in [0.1, 0.15) is 16.7 Å². The maximum Gasteiger partial charge on any atom is 0.262 e. The third-order valence-electron chi connectivity index (χ3n) is 4.21. The van der Waals surface area contributed by atoms with Gasteiger partial charge in [-0.2, -0.15) is 5.26 Å². The van der Waals surface area contributed by atoms with Gasteiger partial charge in [-0.1, -0.05) is 54.2 Å². The van der Waals surface area contributed by atoms with E-state index in [1.54, 1.807) is 24.3 Å². The molecule has 3 rings (SSSR count). The number of nitriles is 1. The molecule has 2 N–H and O–H groups in total. The third-order valence-corrected chi connectivity index (χ3v) is 5.47. The van der Waals surface area contributed by atoms with Crippen molar-refractivity contribution in [2.45, 2.75) is 18.6 Å². The van der Waals surface area contributed by atoms with Crippen LogP contribution in [0.2, 0.25) is 0 Å². The number of hydrogen-bond acceptors (Lipinski definition) is 4. The number of nitrogens with zero attached hydrogens (tertiary/aromatic N) is 2. The Labute approximate surface area is 156 Å². The van der Waals surface area contributed by atoms with E-state index in [-0.39, 0.29) is 11.5 Å². The van der Waals surface area contributed by atoms with Gasteiger partial charge >= 0.3 is 0 Å². The van der Waals surface area contributed by atoms with Crippen LogP contribution in [0.15, 0.2) is 65.2 Å². The predicted octanol–water partition coefficient (Wildman–Crippen LogP) is 2.91. The van der Waals surface area contributed by atoms with Gasteiger partial charge in [0.25, 0.3) is 5.91 Å². The Hall–Kier alpha value is -3.04. The third kappa shape index (κ3) is 3.35. The Morgan fingerprint density at radius 3 is 2.46 bits per heavy atom. The molecule has 1 atom stereocenters. The van der Waals surface area contributed by atoms with Gasteiger partial charge < -0.3 is 5.73 Å². The molecule has 0 aliphatic carbocycles. The fourth-order valence-corrected chi connectivity index (χ4v) is 4.15. The van der Waals surface area contributed by atoms with Gasteiger partial charge in [0.2, 0.25) is 5.91 Å². The lowest BCUT2D eigenvalue weighted by atomic mass is 10.0. The van der Waals surface area contributed by atoms with Crippen LogP contribution in [-0.4, -0.2) is 17.1 Å². The highest BCUT2D eigenvalue weighted by Gasteiger charge is 2.40. The molecule has 130 valence electrons. The number of amides is 2. The van der Waals surface area contributed by atoms with E-state index in [4.69, 9.17) is 5.73 Å². The molecule has 0 unspecified atom stereocenters. The number of aryl methyl sites for hydroxylation is 1. The van der Waals surface area contributed by atoms with Gasteiger partial charge in [-0.05, 0) is 36.6 Å². The van der Waals surface area contributed by atoms with Gasteiger partial charge in [-0.3, -0.25) is 14.5 Å². The highest BCUT2D eigenvalue weighted by molar-refractivity contribution is 8.05. The van der Waals surface area contributed by atoms with Gasteiger partial charge in [0.05, 0.1) is 5.25 Å². The van der Waals surface area contributed by atoms with E-state index in [0.717, 1.165) is 11.1 Å². The van der Waals surface area contributed by atoms with Crippen LogP contribution in [0.1, 0.15) is 11.1 Å². The van der Waals surface area contributed by atoms with E-state index in [9.17, 15) is 14.9 Å². The highest BCUT2D eigenvalue weighted by Crippen LogP contribution is 2.41. The zero-order valence-electron chi connectivity index (χ0n) is 14.2. The summed E-state index contributed by atoms with van der Waals surface area (Å²) in [7, 11) is 0. The fourth-order valence-electron chi connectivity index (χ4n) is 2.85. The highest BCUT2D eigenvalue weighted by atomic mass is 32.2. The normalized spacial score (nSPS) is 18.5. The lowest BCUT2D eigenvalue weighted by molar-refractivity contribution is -0.117. The topological polar surface area (TPSA) is 87.2 Å². The number of thioether (sulfide) groups is 1. The molecule has 2 amide bonds. The first-order chi connectivity index (χ1) is 12.5. The van der Waals surface area contributed by atoms with E-state index in [2.05, 4.69) is 0 Å². The Balaban J connectivity index is 2.04. The summed E-state index contributed by atoms with van der Waals surface area (Å²) in [5.74, 6) is -0.992.